The van der Waals surface area contributed by atoms with Crippen LogP contribution in [0.5, 0.6) is 0 Å². The molecular formula is C30H31N3O7S. The second-order valence-corrected chi connectivity index (χ2v) is 10.8. The molecule has 3 rings (SSSR count). The SMILES string of the molecule is CC(C)(C)OC(=O)CN(C(=O)CNC(=O)Nc1cccc(SCC(=O)O)c1)c1ccccc1C(=O)c1ccccc1. The number of hydrogen-bond acceptors (Lipinski definition) is 7. The molecule has 41 heavy (non-hydrogen) atoms. The molecule has 11 heteroatoms. The number of hydrogen-bond donors (Lipinski definition) is 3. The first-order valence-corrected chi connectivity index (χ1v) is 13.6. The summed E-state index contributed by atoms with van der Waals surface area (Å²) in [5.41, 5.74) is 0.402. The molecule has 0 aliphatic carbocycles. The van der Waals surface area contributed by atoms with Crippen LogP contribution in [0, 0.1) is 0 Å². The first-order chi connectivity index (χ1) is 19.4. The highest BCUT2D eigenvalue weighted by Crippen LogP contribution is 2.25. The molecule has 0 atom stereocenters. The molecule has 0 saturated heterocycles. The minimum Gasteiger partial charge on any atom is -0.481 e. The van der Waals surface area contributed by atoms with Crippen LogP contribution in [-0.4, -0.2) is 59.2 Å². The Hall–Kier alpha value is -4.64. The van der Waals surface area contributed by atoms with Gasteiger partial charge < -0.3 is 20.5 Å². The normalized spacial score (nSPS) is 10.8. The number of benzene rings is 3. The summed E-state index contributed by atoms with van der Waals surface area (Å²) in [4.78, 5) is 64.7. The predicted octanol–water partition coefficient (Wildman–Crippen LogP) is 4.59. The van der Waals surface area contributed by atoms with Gasteiger partial charge in [0.2, 0.25) is 5.91 Å². The van der Waals surface area contributed by atoms with E-state index in [-0.39, 0.29) is 22.8 Å². The van der Waals surface area contributed by atoms with Crippen LogP contribution in [0.4, 0.5) is 16.2 Å². The van der Waals surface area contributed by atoms with E-state index in [1.54, 1.807) is 99.6 Å². The number of para-hydroxylation sites is 1. The lowest BCUT2D eigenvalue weighted by Gasteiger charge is -2.27. The molecule has 0 aromatic heterocycles. The first kappa shape index (κ1) is 30.9. The number of amides is 3. The second kappa shape index (κ2) is 14.1. The molecule has 214 valence electrons. The Morgan fingerprint density at radius 1 is 0.902 bits per heavy atom. The van der Waals surface area contributed by atoms with Crippen molar-refractivity contribution in [2.75, 3.05) is 29.1 Å². The summed E-state index contributed by atoms with van der Waals surface area (Å²) < 4.78 is 5.42. The van der Waals surface area contributed by atoms with Crippen molar-refractivity contribution in [2.24, 2.45) is 0 Å². The maximum absolute atomic E-state index is 13.4. The Bertz CT molecular complexity index is 1420. The number of thioether (sulfide) groups is 1. The number of ether oxygens (including phenoxy) is 1. The van der Waals surface area contributed by atoms with Gasteiger partial charge in [-0.2, -0.15) is 0 Å². The van der Waals surface area contributed by atoms with Crippen molar-refractivity contribution in [1.29, 1.82) is 0 Å². The van der Waals surface area contributed by atoms with Gasteiger partial charge in [0, 0.05) is 21.7 Å². The summed E-state index contributed by atoms with van der Waals surface area (Å²) in [6.07, 6.45) is 0. The van der Waals surface area contributed by atoms with E-state index in [2.05, 4.69) is 10.6 Å². The van der Waals surface area contributed by atoms with Gasteiger partial charge in [0.25, 0.3) is 0 Å². The number of urea groups is 1. The fourth-order valence-corrected chi connectivity index (χ4v) is 4.37. The van der Waals surface area contributed by atoms with Gasteiger partial charge in [0.1, 0.15) is 12.1 Å². The number of nitrogens with zero attached hydrogens (tertiary/aromatic N) is 1. The predicted molar refractivity (Wildman–Crippen MR) is 156 cm³/mol. The van der Waals surface area contributed by atoms with E-state index in [0.29, 0.717) is 16.1 Å². The van der Waals surface area contributed by atoms with Crippen LogP contribution in [0.15, 0.2) is 83.8 Å². The van der Waals surface area contributed by atoms with Crippen molar-refractivity contribution in [3.8, 4) is 0 Å². The second-order valence-electron chi connectivity index (χ2n) is 9.80. The summed E-state index contributed by atoms with van der Waals surface area (Å²) in [7, 11) is 0. The molecule has 0 unspecified atom stereocenters. The Morgan fingerprint density at radius 3 is 2.27 bits per heavy atom. The number of ketones is 1. The van der Waals surface area contributed by atoms with Gasteiger partial charge in [-0.25, -0.2) is 4.79 Å². The number of aliphatic carboxylic acids is 1. The largest absolute Gasteiger partial charge is 0.481 e. The third-order valence-corrected chi connectivity index (χ3v) is 6.32. The smallest absolute Gasteiger partial charge is 0.326 e. The standard InChI is InChI=1S/C30H31N3O7S/c1-30(2,3)40-27(37)18-33(24-15-8-7-14-23(24)28(38)20-10-5-4-6-11-20)25(34)17-31-29(39)32-21-12-9-13-22(16-21)41-19-26(35)36/h4-16H,17-19H2,1-3H3,(H,35,36)(H2,31,32,39). The molecule has 10 nitrogen and oxygen atoms in total. The van der Waals surface area contributed by atoms with E-state index in [1.165, 1.54) is 0 Å². The number of esters is 1. The van der Waals surface area contributed by atoms with E-state index >= 15 is 0 Å². The lowest BCUT2D eigenvalue weighted by atomic mass is 10.0. The summed E-state index contributed by atoms with van der Waals surface area (Å²) in [6.45, 7) is 4.12. The van der Waals surface area contributed by atoms with Gasteiger partial charge in [-0.05, 0) is 51.1 Å². The van der Waals surface area contributed by atoms with E-state index < -0.39 is 42.6 Å². The zero-order chi connectivity index (χ0) is 30.0. The zero-order valence-corrected chi connectivity index (χ0v) is 23.7. The molecule has 0 aliphatic heterocycles. The van der Waals surface area contributed by atoms with Crippen molar-refractivity contribution < 1.29 is 33.8 Å². The van der Waals surface area contributed by atoms with Crippen LogP contribution in [0.2, 0.25) is 0 Å². The van der Waals surface area contributed by atoms with Crippen LogP contribution < -0.4 is 15.5 Å². The molecule has 0 bridgehead atoms. The zero-order valence-electron chi connectivity index (χ0n) is 22.9. The molecule has 0 saturated carbocycles. The third kappa shape index (κ3) is 9.80. The third-order valence-electron chi connectivity index (χ3n) is 5.34. The van der Waals surface area contributed by atoms with Gasteiger partial charge in [-0.1, -0.05) is 48.5 Å². The summed E-state index contributed by atoms with van der Waals surface area (Å²) in [5.74, 6) is -2.77. The van der Waals surface area contributed by atoms with Gasteiger partial charge in [-0.3, -0.25) is 24.1 Å². The minimum atomic E-state index is -0.965. The Labute approximate surface area is 242 Å². The highest BCUT2D eigenvalue weighted by molar-refractivity contribution is 8.00. The molecule has 0 aliphatic rings. The van der Waals surface area contributed by atoms with Gasteiger partial charge in [-0.15, -0.1) is 11.8 Å². The van der Waals surface area contributed by atoms with Gasteiger partial charge in [0.05, 0.1) is 18.0 Å². The Morgan fingerprint density at radius 2 is 1.59 bits per heavy atom. The lowest BCUT2D eigenvalue weighted by Crippen LogP contribution is -2.45. The van der Waals surface area contributed by atoms with Crippen molar-refractivity contribution >= 4 is 52.8 Å². The molecular weight excluding hydrogens is 546 g/mol. The fraction of sp³-hybridized carbons (Fsp3) is 0.233. The molecule has 3 aromatic rings. The fourth-order valence-electron chi connectivity index (χ4n) is 3.69. The van der Waals surface area contributed by atoms with Crippen LogP contribution >= 0.6 is 11.8 Å². The molecule has 0 heterocycles. The Kier molecular flexibility index (Phi) is 10.6. The van der Waals surface area contributed by atoms with Crippen molar-refractivity contribution in [3.63, 3.8) is 0 Å². The maximum atomic E-state index is 13.4. The average molecular weight is 578 g/mol. The molecule has 0 fully saturated rings. The lowest BCUT2D eigenvalue weighted by molar-refractivity contribution is -0.153. The van der Waals surface area contributed by atoms with Crippen molar-refractivity contribution in [2.45, 2.75) is 31.3 Å². The topological polar surface area (TPSA) is 142 Å². The van der Waals surface area contributed by atoms with Gasteiger partial charge in [0.15, 0.2) is 5.78 Å². The monoisotopic (exact) mass is 577 g/mol. The van der Waals surface area contributed by atoms with E-state index in [1.807, 2.05) is 0 Å². The summed E-state index contributed by atoms with van der Waals surface area (Å²) in [6, 6.07) is 20.9. The quantitative estimate of drug-likeness (QED) is 0.171. The van der Waals surface area contributed by atoms with Crippen LogP contribution in [0.1, 0.15) is 36.7 Å². The summed E-state index contributed by atoms with van der Waals surface area (Å²) in [5, 5.41) is 13.9. The summed E-state index contributed by atoms with van der Waals surface area (Å²) >= 11 is 1.10. The average Bonchev–Trinajstić information content (AvgIpc) is 2.93. The number of carbonyl (C=O) groups excluding carboxylic acids is 4. The Balaban J connectivity index is 1.79. The molecule has 3 amide bonds. The number of carboxylic acids is 1. The number of nitrogens with one attached hydrogen (secondary N) is 2. The minimum absolute atomic E-state index is 0.133. The molecule has 0 radical (unpaired) electrons. The van der Waals surface area contributed by atoms with E-state index in [9.17, 15) is 24.0 Å². The molecule has 0 spiro atoms. The first-order valence-electron chi connectivity index (χ1n) is 12.6. The number of anilines is 2. The van der Waals surface area contributed by atoms with E-state index in [4.69, 9.17) is 9.84 Å². The number of carboxylic acid groups (broad SMARTS) is 1. The number of carbonyl (C=O) groups is 5. The van der Waals surface area contributed by atoms with Crippen LogP contribution in [-0.2, 0) is 19.1 Å². The van der Waals surface area contributed by atoms with Crippen LogP contribution in [0.3, 0.4) is 0 Å². The van der Waals surface area contributed by atoms with Gasteiger partial charge >= 0.3 is 18.0 Å². The number of rotatable bonds is 11. The van der Waals surface area contributed by atoms with Crippen LogP contribution in [0.25, 0.3) is 0 Å². The van der Waals surface area contributed by atoms with Crippen molar-refractivity contribution in [1.82, 2.24) is 5.32 Å². The highest BCUT2D eigenvalue weighted by Gasteiger charge is 2.27. The van der Waals surface area contributed by atoms with E-state index in [0.717, 1.165) is 16.7 Å². The highest BCUT2D eigenvalue weighted by atomic mass is 32.2. The molecule has 3 aromatic carbocycles. The maximum Gasteiger partial charge on any atom is 0.326 e. The van der Waals surface area contributed by atoms with Crippen molar-refractivity contribution in [3.05, 3.63) is 90.0 Å². The molecule has 3 N–H and O–H groups in total.